The summed E-state index contributed by atoms with van der Waals surface area (Å²) in [5.74, 6) is -2.41. The molecule has 1 aliphatic rings. The Kier molecular flexibility index (Phi) is 8.74. The van der Waals surface area contributed by atoms with Crippen molar-refractivity contribution in [3.8, 4) is 11.8 Å². The number of benzene rings is 1. The first kappa shape index (κ1) is 24.1. The maximum Gasteiger partial charge on any atom is 0.311 e. The van der Waals surface area contributed by atoms with E-state index in [1.807, 2.05) is 19.1 Å². The maximum absolute atomic E-state index is 12.9. The lowest BCUT2D eigenvalue weighted by Crippen LogP contribution is -2.46. The van der Waals surface area contributed by atoms with Gasteiger partial charge in [0.2, 0.25) is 5.91 Å². The molecule has 8 heteroatoms. The van der Waals surface area contributed by atoms with Crippen LogP contribution in [0.1, 0.15) is 51.1 Å². The average Bonchev–Trinajstić information content (AvgIpc) is 2.76. The average molecular weight is 428 g/mol. The molecular weight excluding hydrogens is 398 g/mol. The minimum absolute atomic E-state index is 0.0154. The van der Waals surface area contributed by atoms with E-state index < -0.39 is 36.2 Å². The molecule has 1 N–H and O–H groups in total. The Balaban J connectivity index is 2.25. The molecule has 1 saturated heterocycles. The molecule has 0 aromatic heterocycles. The van der Waals surface area contributed by atoms with Crippen LogP contribution in [0.2, 0.25) is 0 Å². The highest BCUT2D eigenvalue weighted by molar-refractivity contribution is 6.06. The molecule has 1 fully saturated rings. The third kappa shape index (κ3) is 5.91. The van der Waals surface area contributed by atoms with Crippen molar-refractivity contribution in [2.75, 3.05) is 20.3 Å². The number of hydrogen-bond acceptors (Lipinski definition) is 7. The highest BCUT2D eigenvalue weighted by Gasteiger charge is 2.41. The molecule has 0 aliphatic carbocycles. The van der Waals surface area contributed by atoms with E-state index in [4.69, 9.17) is 20.1 Å². The first-order valence-electron chi connectivity index (χ1n) is 10.4. The summed E-state index contributed by atoms with van der Waals surface area (Å²) in [6, 6.07) is 8.47. The minimum atomic E-state index is -1.22. The Hall–Kier alpha value is -3.21. The third-order valence-corrected chi connectivity index (χ3v) is 5.46. The SMILES string of the molecule is CCCCN1C(=O)CC[C@@H](C(=O)OCC(=O)[C@@H](C#N)C(C)=N)[C@H]1c1ccc(OC)cc1. The van der Waals surface area contributed by atoms with Crippen LogP contribution in [0.4, 0.5) is 0 Å². The summed E-state index contributed by atoms with van der Waals surface area (Å²) in [5.41, 5.74) is 0.706. The zero-order chi connectivity index (χ0) is 23.0. The summed E-state index contributed by atoms with van der Waals surface area (Å²) in [6.45, 7) is 3.36. The smallest absolute Gasteiger partial charge is 0.311 e. The van der Waals surface area contributed by atoms with Crippen molar-refractivity contribution in [1.82, 2.24) is 4.90 Å². The molecule has 2 rings (SSSR count). The van der Waals surface area contributed by atoms with Crippen LogP contribution in [-0.4, -0.2) is 48.5 Å². The number of nitriles is 1. The van der Waals surface area contributed by atoms with E-state index in [-0.39, 0.29) is 18.0 Å². The monoisotopic (exact) mass is 427 g/mol. The van der Waals surface area contributed by atoms with Crippen molar-refractivity contribution in [3.63, 3.8) is 0 Å². The van der Waals surface area contributed by atoms with E-state index in [1.54, 1.807) is 30.2 Å². The second kappa shape index (κ2) is 11.3. The number of unbranched alkanes of at least 4 members (excludes halogenated alkanes) is 1. The van der Waals surface area contributed by atoms with Crippen molar-refractivity contribution in [2.24, 2.45) is 11.8 Å². The van der Waals surface area contributed by atoms with Gasteiger partial charge in [0.05, 0.1) is 25.1 Å². The van der Waals surface area contributed by atoms with Gasteiger partial charge in [-0.3, -0.25) is 14.4 Å². The summed E-state index contributed by atoms with van der Waals surface area (Å²) < 4.78 is 10.5. The van der Waals surface area contributed by atoms with Gasteiger partial charge in [0.15, 0.2) is 12.4 Å². The number of carbonyl (C=O) groups excluding carboxylic acids is 3. The largest absolute Gasteiger partial charge is 0.497 e. The van der Waals surface area contributed by atoms with E-state index in [1.165, 1.54) is 6.92 Å². The molecule has 1 heterocycles. The number of rotatable bonds is 10. The summed E-state index contributed by atoms with van der Waals surface area (Å²) in [7, 11) is 1.56. The molecule has 1 amide bonds. The zero-order valence-corrected chi connectivity index (χ0v) is 18.2. The lowest BCUT2D eigenvalue weighted by Gasteiger charge is -2.40. The molecule has 0 spiro atoms. The standard InChI is InChI=1S/C23H29N3O5/c1-4-5-12-26-21(28)11-10-18(22(26)16-6-8-17(30-3)9-7-16)23(29)31-14-20(27)19(13-24)15(2)25/h6-9,18-19,22,25H,4-5,10-12,14H2,1-3H3/t18-,19+,22-/m1/s1. The van der Waals surface area contributed by atoms with Crippen LogP contribution in [0.25, 0.3) is 0 Å². The molecule has 0 radical (unpaired) electrons. The molecule has 31 heavy (non-hydrogen) atoms. The summed E-state index contributed by atoms with van der Waals surface area (Å²) in [4.78, 5) is 39.5. The number of methoxy groups -OCH3 is 1. The maximum atomic E-state index is 12.9. The van der Waals surface area contributed by atoms with Gasteiger partial charge in [-0.05, 0) is 37.5 Å². The Bertz CT molecular complexity index is 859. The van der Waals surface area contributed by atoms with E-state index in [0.717, 1.165) is 18.4 Å². The topological polar surface area (TPSA) is 121 Å². The van der Waals surface area contributed by atoms with Crippen LogP contribution in [0.3, 0.4) is 0 Å². The van der Waals surface area contributed by atoms with Crippen LogP contribution in [0.15, 0.2) is 24.3 Å². The summed E-state index contributed by atoms with van der Waals surface area (Å²) >= 11 is 0. The highest BCUT2D eigenvalue weighted by Crippen LogP contribution is 2.38. The van der Waals surface area contributed by atoms with Gasteiger partial charge >= 0.3 is 5.97 Å². The van der Waals surface area contributed by atoms with E-state index in [9.17, 15) is 14.4 Å². The Morgan fingerprint density at radius 1 is 1.32 bits per heavy atom. The lowest BCUT2D eigenvalue weighted by atomic mass is 9.84. The molecule has 1 aromatic carbocycles. The van der Waals surface area contributed by atoms with Gasteiger partial charge in [-0.25, -0.2) is 0 Å². The molecule has 166 valence electrons. The molecule has 0 saturated carbocycles. The Morgan fingerprint density at radius 3 is 2.55 bits per heavy atom. The quantitative estimate of drug-likeness (QED) is 0.452. The number of piperidine rings is 1. The van der Waals surface area contributed by atoms with Crippen LogP contribution < -0.4 is 4.74 Å². The predicted octanol–water partition coefficient (Wildman–Crippen LogP) is 3.07. The Labute approximate surface area is 182 Å². The van der Waals surface area contributed by atoms with Gasteiger partial charge in [-0.1, -0.05) is 25.5 Å². The highest BCUT2D eigenvalue weighted by atomic mass is 16.5. The normalized spacial score (nSPS) is 19.3. The second-order valence-corrected chi connectivity index (χ2v) is 7.62. The molecular formula is C23H29N3O5. The molecule has 1 aromatic rings. The van der Waals surface area contributed by atoms with Crippen LogP contribution >= 0.6 is 0 Å². The van der Waals surface area contributed by atoms with Crippen LogP contribution in [0, 0.1) is 28.6 Å². The van der Waals surface area contributed by atoms with E-state index in [2.05, 4.69) is 0 Å². The fourth-order valence-corrected chi connectivity index (χ4v) is 3.75. The number of esters is 1. The first-order valence-corrected chi connectivity index (χ1v) is 10.4. The van der Waals surface area contributed by atoms with Gasteiger partial charge in [-0.2, -0.15) is 5.26 Å². The molecule has 8 nitrogen and oxygen atoms in total. The van der Waals surface area contributed by atoms with E-state index in [0.29, 0.717) is 18.7 Å². The number of nitrogens with one attached hydrogen (secondary N) is 1. The number of carbonyl (C=O) groups is 3. The number of ketones is 1. The second-order valence-electron chi connectivity index (χ2n) is 7.62. The van der Waals surface area contributed by atoms with Crippen molar-refractivity contribution in [1.29, 1.82) is 10.7 Å². The van der Waals surface area contributed by atoms with Gasteiger partial charge in [0.25, 0.3) is 0 Å². The van der Waals surface area contributed by atoms with Crippen molar-refractivity contribution in [3.05, 3.63) is 29.8 Å². The van der Waals surface area contributed by atoms with Crippen molar-refractivity contribution < 1.29 is 23.9 Å². The van der Waals surface area contributed by atoms with Crippen molar-refractivity contribution in [2.45, 2.75) is 45.6 Å². The van der Waals surface area contributed by atoms with E-state index >= 15 is 0 Å². The fourth-order valence-electron chi connectivity index (χ4n) is 3.75. The van der Waals surface area contributed by atoms with Gasteiger partial charge in [-0.15, -0.1) is 0 Å². The molecule has 1 aliphatic heterocycles. The van der Waals surface area contributed by atoms with Crippen molar-refractivity contribution >= 4 is 23.4 Å². The minimum Gasteiger partial charge on any atom is -0.497 e. The van der Waals surface area contributed by atoms with Gasteiger partial charge in [0.1, 0.15) is 11.7 Å². The lowest BCUT2D eigenvalue weighted by molar-refractivity contribution is -0.159. The molecule has 3 atom stereocenters. The fraction of sp³-hybridized carbons (Fsp3) is 0.522. The third-order valence-electron chi connectivity index (χ3n) is 5.46. The van der Waals surface area contributed by atoms with Gasteiger partial charge < -0.3 is 19.8 Å². The zero-order valence-electron chi connectivity index (χ0n) is 18.2. The molecule has 0 unspecified atom stereocenters. The number of likely N-dealkylation sites (tertiary alicyclic amines) is 1. The van der Waals surface area contributed by atoms with Crippen LogP contribution in [0.5, 0.6) is 5.75 Å². The Morgan fingerprint density at radius 2 is 2.00 bits per heavy atom. The predicted molar refractivity (Wildman–Crippen MR) is 114 cm³/mol. The summed E-state index contributed by atoms with van der Waals surface area (Å²) in [6.07, 6.45) is 2.25. The summed E-state index contributed by atoms with van der Waals surface area (Å²) in [5, 5.41) is 16.6. The van der Waals surface area contributed by atoms with Gasteiger partial charge in [0, 0.05) is 18.7 Å². The number of amides is 1. The number of hydrogen-bond donors (Lipinski definition) is 1. The number of ether oxygens (including phenoxy) is 2. The number of Topliss-reactive ketones (excluding diaryl/α,β-unsaturated/α-hetero) is 1. The first-order chi connectivity index (χ1) is 14.8. The van der Waals surface area contributed by atoms with Crippen LogP contribution in [-0.2, 0) is 19.1 Å². The molecule has 0 bridgehead atoms. The number of nitrogens with zero attached hydrogens (tertiary/aromatic N) is 2.